The molecule has 1 aliphatic heterocycles. The molecule has 6 heteroatoms. The lowest BCUT2D eigenvalue weighted by Gasteiger charge is -2.36. The van der Waals surface area contributed by atoms with Gasteiger partial charge in [-0.1, -0.05) is 6.07 Å². The molecule has 1 aliphatic rings. The second-order valence-corrected chi connectivity index (χ2v) is 6.50. The number of phenols is 1. The van der Waals surface area contributed by atoms with Crippen LogP contribution in [0.3, 0.4) is 0 Å². The third kappa shape index (κ3) is 3.48. The van der Waals surface area contributed by atoms with Gasteiger partial charge in [-0.3, -0.25) is 4.79 Å². The highest BCUT2D eigenvalue weighted by Gasteiger charge is 2.23. The first-order valence-electron chi connectivity index (χ1n) is 7.75. The first-order valence-corrected chi connectivity index (χ1v) is 8.98. The lowest BCUT2D eigenvalue weighted by molar-refractivity contribution is 0.0746. The molecule has 1 amide bonds. The Balaban J connectivity index is 1.67. The van der Waals surface area contributed by atoms with Gasteiger partial charge in [-0.2, -0.15) is 0 Å². The van der Waals surface area contributed by atoms with Crippen LogP contribution in [0.15, 0.2) is 47.4 Å². The van der Waals surface area contributed by atoms with Crippen LogP contribution in [0, 0.1) is 5.82 Å². The van der Waals surface area contributed by atoms with Crippen LogP contribution in [0.2, 0.25) is 0 Å². The van der Waals surface area contributed by atoms with Gasteiger partial charge in [0.2, 0.25) is 0 Å². The van der Waals surface area contributed by atoms with Crippen molar-refractivity contribution in [3.63, 3.8) is 0 Å². The highest BCUT2D eigenvalue weighted by molar-refractivity contribution is 7.98. The molecule has 1 fully saturated rings. The van der Waals surface area contributed by atoms with Gasteiger partial charge in [0.15, 0.2) is 0 Å². The number of halogens is 1. The molecule has 1 saturated heterocycles. The minimum absolute atomic E-state index is 0.0686. The zero-order valence-corrected chi connectivity index (χ0v) is 14.2. The Morgan fingerprint density at radius 3 is 2.54 bits per heavy atom. The van der Waals surface area contributed by atoms with Crippen molar-refractivity contribution in [2.75, 3.05) is 37.3 Å². The van der Waals surface area contributed by atoms with Gasteiger partial charge >= 0.3 is 0 Å². The van der Waals surface area contributed by atoms with Gasteiger partial charge in [0.25, 0.3) is 5.91 Å². The number of piperazine rings is 1. The molecular weight excluding hydrogens is 327 g/mol. The Hall–Kier alpha value is -2.21. The van der Waals surface area contributed by atoms with E-state index in [-0.39, 0.29) is 17.5 Å². The van der Waals surface area contributed by atoms with Crippen molar-refractivity contribution in [2.24, 2.45) is 0 Å². The zero-order valence-electron chi connectivity index (χ0n) is 13.4. The minimum atomic E-state index is -0.298. The maximum Gasteiger partial charge on any atom is 0.254 e. The Morgan fingerprint density at radius 2 is 1.88 bits per heavy atom. The summed E-state index contributed by atoms with van der Waals surface area (Å²) >= 11 is 1.30. The average molecular weight is 346 g/mol. The molecule has 1 heterocycles. The summed E-state index contributed by atoms with van der Waals surface area (Å²) in [6.07, 6.45) is 1.79. The largest absolute Gasteiger partial charge is 0.508 e. The van der Waals surface area contributed by atoms with Gasteiger partial charge in [0, 0.05) is 48.4 Å². The van der Waals surface area contributed by atoms with Crippen molar-refractivity contribution in [1.82, 2.24) is 4.90 Å². The molecule has 4 nitrogen and oxygen atoms in total. The fraction of sp³-hybridized carbons (Fsp3) is 0.278. The number of hydrogen-bond acceptors (Lipinski definition) is 4. The Bertz CT molecular complexity index is 746. The molecule has 126 valence electrons. The molecule has 0 unspecified atom stereocenters. The van der Waals surface area contributed by atoms with Crippen LogP contribution in [0.4, 0.5) is 10.1 Å². The van der Waals surface area contributed by atoms with E-state index >= 15 is 0 Å². The van der Waals surface area contributed by atoms with Gasteiger partial charge < -0.3 is 14.9 Å². The van der Waals surface area contributed by atoms with Crippen LogP contribution in [-0.4, -0.2) is 48.3 Å². The van der Waals surface area contributed by atoms with E-state index in [1.54, 1.807) is 35.4 Å². The number of benzene rings is 2. The third-order valence-corrected chi connectivity index (χ3v) is 4.91. The Labute approximate surface area is 144 Å². The molecule has 0 spiro atoms. The summed E-state index contributed by atoms with van der Waals surface area (Å²) < 4.78 is 13.6. The second-order valence-electron chi connectivity index (χ2n) is 5.65. The zero-order chi connectivity index (χ0) is 17.1. The van der Waals surface area contributed by atoms with Crippen molar-refractivity contribution < 1.29 is 14.3 Å². The fourth-order valence-electron chi connectivity index (χ4n) is 2.83. The molecule has 1 N–H and O–H groups in total. The number of phenolic OH excluding ortho intramolecular Hbond substituents is 1. The predicted molar refractivity (Wildman–Crippen MR) is 94.4 cm³/mol. The standard InChI is InChI=1S/C18H19FN2O2S/c1-24-17-11-13(5-6-16(17)19)18(23)21-9-7-20(8-10-21)14-3-2-4-15(22)12-14/h2-6,11-12,22H,7-10H2,1H3. The van der Waals surface area contributed by atoms with E-state index in [9.17, 15) is 14.3 Å². The SMILES string of the molecule is CSc1cc(C(=O)N2CCN(c3cccc(O)c3)CC2)ccc1F. The molecule has 0 bridgehead atoms. The van der Waals surface area contributed by atoms with Crippen LogP contribution in [0.1, 0.15) is 10.4 Å². The summed E-state index contributed by atoms with van der Waals surface area (Å²) in [4.78, 5) is 17.0. The quantitative estimate of drug-likeness (QED) is 0.867. The molecule has 0 radical (unpaired) electrons. The Morgan fingerprint density at radius 1 is 1.12 bits per heavy atom. The Kier molecular flexibility index (Phi) is 4.94. The lowest BCUT2D eigenvalue weighted by atomic mass is 10.1. The predicted octanol–water partition coefficient (Wildman–Crippen LogP) is 3.22. The summed E-state index contributed by atoms with van der Waals surface area (Å²) in [5.74, 6) is -0.129. The highest BCUT2D eigenvalue weighted by atomic mass is 32.2. The van der Waals surface area contributed by atoms with Crippen LogP contribution >= 0.6 is 11.8 Å². The molecule has 2 aromatic carbocycles. The number of nitrogens with zero attached hydrogens (tertiary/aromatic N) is 2. The highest BCUT2D eigenvalue weighted by Crippen LogP contribution is 2.23. The number of hydrogen-bond donors (Lipinski definition) is 1. The van der Waals surface area contributed by atoms with Gasteiger partial charge in [-0.25, -0.2) is 4.39 Å². The third-order valence-electron chi connectivity index (χ3n) is 4.16. The number of carbonyl (C=O) groups is 1. The van der Waals surface area contributed by atoms with E-state index in [0.29, 0.717) is 36.6 Å². The van der Waals surface area contributed by atoms with Crippen molar-refractivity contribution in [1.29, 1.82) is 0 Å². The van der Waals surface area contributed by atoms with Gasteiger partial charge in [0.05, 0.1) is 0 Å². The van der Waals surface area contributed by atoms with Crippen molar-refractivity contribution in [3.8, 4) is 5.75 Å². The van der Waals surface area contributed by atoms with Crippen LogP contribution in [-0.2, 0) is 0 Å². The summed E-state index contributed by atoms with van der Waals surface area (Å²) in [7, 11) is 0. The van der Waals surface area contributed by atoms with Crippen LogP contribution < -0.4 is 4.90 Å². The van der Waals surface area contributed by atoms with Crippen molar-refractivity contribution in [2.45, 2.75) is 4.90 Å². The molecule has 0 aromatic heterocycles. The number of rotatable bonds is 3. The number of thioether (sulfide) groups is 1. The van der Waals surface area contributed by atoms with Crippen LogP contribution in [0.5, 0.6) is 5.75 Å². The average Bonchev–Trinajstić information content (AvgIpc) is 2.62. The van der Waals surface area contributed by atoms with E-state index in [1.165, 1.54) is 17.8 Å². The summed E-state index contributed by atoms with van der Waals surface area (Å²) in [6.45, 7) is 2.60. The monoisotopic (exact) mass is 346 g/mol. The number of carbonyl (C=O) groups excluding carboxylic acids is 1. The van der Waals surface area contributed by atoms with Crippen LogP contribution in [0.25, 0.3) is 0 Å². The molecule has 2 aromatic rings. The minimum Gasteiger partial charge on any atom is -0.508 e. The van der Waals surface area contributed by atoms with Crippen molar-refractivity contribution >= 4 is 23.4 Å². The smallest absolute Gasteiger partial charge is 0.254 e. The van der Waals surface area contributed by atoms with Gasteiger partial charge in [-0.05, 0) is 36.6 Å². The molecular formula is C18H19FN2O2S. The van der Waals surface area contributed by atoms with E-state index in [2.05, 4.69) is 4.90 Å². The number of anilines is 1. The van der Waals surface area contributed by atoms with Crippen molar-refractivity contribution in [3.05, 3.63) is 53.8 Å². The van der Waals surface area contributed by atoms with E-state index in [0.717, 1.165) is 5.69 Å². The maximum atomic E-state index is 13.6. The van der Waals surface area contributed by atoms with E-state index in [1.807, 2.05) is 12.1 Å². The number of aromatic hydroxyl groups is 1. The van der Waals surface area contributed by atoms with Gasteiger partial charge in [0.1, 0.15) is 11.6 Å². The normalized spacial score (nSPS) is 14.8. The number of amides is 1. The summed E-state index contributed by atoms with van der Waals surface area (Å²) in [5, 5.41) is 9.58. The molecule has 0 atom stereocenters. The second kappa shape index (κ2) is 7.13. The molecule has 0 saturated carbocycles. The summed E-state index contributed by atoms with van der Waals surface area (Å²) in [5.41, 5.74) is 1.47. The molecule has 24 heavy (non-hydrogen) atoms. The first kappa shape index (κ1) is 16.6. The topological polar surface area (TPSA) is 43.8 Å². The lowest BCUT2D eigenvalue weighted by Crippen LogP contribution is -2.48. The molecule has 3 rings (SSSR count). The first-order chi connectivity index (χ1) is 11.6. The van der Waals surface area contributed by atoms with E-state index in [4.69, 9.17) is 0 Å². The maximum absolute atomic E-state index is 13.6. The summed E-state index contributed by atoms with van der Waals surface area (Å²) in [6, 6.07) is 11.6. The van der Waals surface area contributed by atoms with E-state index < -0.39 is 0 Å². The molecule has 0 aliphatic carbocycles. The fourth-order valence-corrected chi connectivity index (χ4v) is 3.34. The van der Waals surface area contributed by atoms with Gasteiger partial charge in [-0.15, -0.1) is 11.8 Å².